The smallest absolute Gasteiger partial charge is 0.255 e. The van der Waals surface area contributed by atoms with E-state index >= 15 is 0 Å². The highest BCUT2D eigenvalue weighted by atomic mass is 16.5. The average molecular weight is 280 g/mol. The molecule has 1 saturated heterocycles. The number of amides is 1. The zero-order chi connectivity index (χ0) is 14.5. The topological polar surface area (TPSA) is 59.4 Å². The molecule has 20 heavy (non-hydrogen) atoms. The van der Waals surface area contributed by atoms with Crippen molar-refractivity contribution in [2.45, 2.75) is 27.3 Å². The Morgan fingerprint density at radius 3 is 2.65 bits per heavy atom. The maximum absolute atomic E-state index is 12.2. The summed E-state index contributed by atoms with van der Waals surface area (Å²) >= 11 is 0. The molecule has 2 heterocycles. The maximum atomic E-state index is 12.2. The Balaban J connectivity index is 1.87. The zero-order valence-corrected chi connectivity index (χ0v) is 12.6. The third-order valence-electron chi connectivity index (χ3n) is 3.73. The van der Waals surface area contributed by atoms with Gasteiger partial charge < -0.3 is 10.1 Å². The lowest BCUT2D eigenvalue weighted by molar-refractivity contribution is 0.0383. The molecule has 0 spiro atoms. The minimum absolute atomic E-state index is 0.0204. The number of ether oxygens (including phenoxy) is 1. The third-order valence-corrected chi connectivity index (χ3v) is 3.73. The number of aromatic nitrogens is 2. The Morgan fingerprint density at radius 1 is 1.35 bits per heavy atom. The molecular weight excluding hydrogens is 256 g/mol. The molecule has 1 aromatic rings. The number of nitrogens with one attached hydrogen (secondary N) is 1. The van der Waals surface area contributed by atoms with Crippen LogP contribution in [0.3, 0.4) is 0 Å². The second-order valence-corrected chi connectivity index (χ2v) is 5.07. The van der Waals surface area contributed by atoms with E-state index in [0.29, 0.717) is 12.1 Å². The van der Waals surface area contributed by atoms with E-state index in [4.69, 9.17) is 4.74 Å². The van der Waals surface area contributed by atoms with E-state index in [1.165, 1.54) is 0 Å². The van der Waals surface area contributed by atoms with Crippen LogP contribution >= 0.6 is 0 Å². The van der Waals surface area contributed by atoms with Crippen LogP contribution in [0, 0.1) is 13.8 Å². The SMILES string of the molecule is CCn1nc(C)c(C(=O)NCCN2CCOCC2)c1C. The Kier molecular flexibility index (Phi) is 5.14. The van der Waals surface area contributed by atoms with Crippen molar-refractivity contribution in [3.05, 3.63) is 17.0 Å². The van der Waals surface area contributed by atoms with Crippen molar-refractivity contribution in [1.29, 1.82) is 0 Å². The molecule has 2 rings (SSSR count). The first kappa shape index (κ1) is 15.0. The van der Waals surface area contributed by atoms with Crippen LogP contribution in [-0.4, -0.2) is 60.0 Å². The van der Waals surface area contributed by atoms with E-state index in [1.807, 2.05) is 25.5 Å². The Labute approximate surface area is 120 Å². The predicted molar refractivity (Wildman–Crippen MR) is 77.0 cm³/mol. The number of rotatable bonds is 5. The van der Waals surface area contributed by atoms with Gasteiger partial charge in [0.25, 0.3) is 5.91 Å². The fourth-order valence-electron chi connectivity index (χ4n) is 2.57. The Hall–Kier alpha value is -1.40. The van der Waals surface area contributed by atoms with Gasteiger partial charge in [0, 0.05) is 38.4 Å². The lowest BCUT2D eigenvalue weighted by Gasteiger charge is -2.26. The van der Waals surface area contributed by atoms with E-state index in [0.717, 1.165) is 50.8 Å². The van der Waals surface area contributed by atoms with E-state index in [1.54, 1.807) is 0 Å². The molecule has 0 bridgehead atoms. The molecule has 1 N–H and O–H groups in total. The molecule has 0 saturated carbocycles. The van der Waals surface area contributed by atoms with Crippen LogP contribution in [0.4, 0.5) is 0 Å². The summed E-state index contributed by atoms with van der Waals surface area (Å²) in [6.45, 7) is 11.6. The molecule has 1 amide bonds. The normalized spacial score (nSPS) is 16.4. The Morgan fingerprint density at radius 2 is 2.05 bits per heavy atom. The first-order chi connectivity index (χ1) is 9.63. The monoisotopic (exact) mass is 280 g/mol. The summed E-state index contributed by atoms with van der Waals surface area (Å²) in [5.41, 5.74) is 2.45. The van der Waals surface area contributed by atoms with Gasteiger partial charge in [-0.2, -0.15) is 5.10 Å². The molecular formula is C14H24N4O2. The van der Waals surface area contributed by atoms with Crippen molar-refractivity contribution in [3.8, 4) is 0 Å². The number of aryl methyl sites for hydroxylation is 2. The number of hydrogen-bond donors (Lipinski definition) is 1. The standard InChI is InChI=1S/C14H24N4O2/c1-4-18-12(3)13(11(2)16-18)14(19)15-5-6-17-7-9-20-10-8-17/h4-10H2,1-3H3,(H,15,19). The summed E-state index contributed by atoms with van der Waals surface area (Å²) in [6.07, 6.45) is 0. The van der Waals surface area contributed by atoms with Crippen LogP contribution in [0.2, 0.25) is 0 Å². The number of morpholine rings is 1. The third kappa shape index (κ3) is 3.37. The van der Waals surface area contributed by atoms with E-state index < -0.39 is 0 Å². The van der Waals surface area contributed by atoms with Crippen LogP contribution in [0.15, 0.2) is 0 Å². The van der Waals surface area contributed by atoms with Gasteiger partial charge >= 0.3 is 0 Å². The molecule has 0 aromatic carbocycles. The van der Waals surface area contributed by atoms with Gasteiger partial charge in [0.1, 0.15) is 0 Å². The summed E-state index contributed by atoms with van der Waals surface area (Å²) in [5.74, 6) is -0.0204. The van der Waals surface area contributed by atoms with Crippen molar-refractivity contribution in [1.82, 2.24) is 20.0 Å². The highest BCUT2D eigenvalue weighted by Crippen LogP contribution is 2.12. The summed E-state index contributed by atoms with van der Waals surface area (Å²) < 4.78 is 7.17. The molecule has 0 radical (unpaired) electrons. The molecule has 1 aromatic heterocycles. The first-order valence-electron chi connectivity index (χ1n) is 7.25. The molecule has 6 heteroatoms. The summed E-state index contributed by atoms with van der Waals surface area (Å²) in [7, 11) is 0. The van der Waals surface area contributed by atoms with Crippen LogP contribution in [0.1, 0.15) is 28.7 Å². The minimum atomic E-state index is -0.0204. The van der Waals surface area contributed by atoms with Gasteiger partial charge in [-0.05, 0) is 20.8 Å². The largest absolute Gasteiger partial charge is 0.379 e. The lowest BCUT2D eigenvalue weighted by atomic mass is 10.2. The van der Waals surface area contributed by atoms with Crippen molar-refractivity contribution in [2.75, 3.05) is 39.4 Å². The minimum Gasteiger partial charge on any atom is -0.379 e. The van der Waals surface area contributed by atoms with Gasteiger partial charge in [0.15, 0.2) is 0 Å². The zero-order valence-electron chi connectivity index (χ0n) is 12.6. The fraction of sp³-hybridized carbons (Fsp3) is 0.714. The molecule has 1 aliphatic rings. The number of carbonyl (C=O) groups excluding carboxylic acids is 1. The van der Waals surface area contributed by atoms with Crippen LogP contribution in [0.25, 0.3) is 0 Å². The predicted octanol–water partition coefficient (Wildman–Crippen LogP) is 0.582. The van der Waals surface area contributed by atoms with E-state index in [2.05, 4.69) is 15.3 Å². The first-order valence-corrected chi connectivity index (χ1v) is 7.25. The molecule has 112 valence electrons. The Bertz CT molecular complexity index is 464. The quantitative estimate of drug-likeness (QED) is 0.857. The van der Waals surface area contributed by atoms with E-state index in [9.17, 15) is 4.79 Å². The summed E-state index contributed by atoms with van der Waals surface area (Å²) in [6, 6.07) is 0. The van der Waals surface area contributed by atoms with Crippen LogP contribution in [0.5, 0.6) is 0 Å². The number of nitrogens with zero attached hydrogens (tertiary/aromatic N) is 3. The molecule has 0 aliphatic carbocycles. The second kappa shape index (κ2) is 6.85. The van der Waals surface area contributed by atoms with Gasteiger partial charge in [-0.3, -0.25) is 14.4 Å². The van der Waals surface area contributed by atoms with E-state index in [-0.39, 0.29) is 5.91 Å². The van der Waals surface area contributed by atoms with Crippen molar-refractivity contribution in [2.24, 2.45) is 0 Å². The summed E-state index contributed by atoms with van der Waals surface area (Å²) in [4.78, 5) is 14.6. The average Bonchev–Trinajstić information content (AvgIpc) is 2.74. The maximum Gasteiger partial charge on any atom is 0.255 e. The molecule has 1 aliphatic heterocycles. The molecule has 1 fully saturated rings. The lowest BCUT2D eigenvalue weighted by Crippen LogP contribution is -2.41. The molecule has 0 atom stereocenters. The van der Waals surface area contributed by atoms with Gasteiger partial charge in [-0.25, -0.2) is 0 Å². The summed E-state index contributed by atoms with van der Waals surface area (Å²) in [5, 5.41) is 7.37. The molecule has 6 nitrogen and oxygen atoms in total. The van der Waals surface area contributed by atoms with Crippen molar-refractivity contribution < 1.29 is 9.53 Å². The van der Waals surface area contributed by atoms with Crippen molar-refractivity contribution >= 4 is 5.91 Å². The number of carbonyl (C=O) groups is 1. The van der Waals surface area contributed by atoms with Crippen molar-refractivity contribution in [3.63, 3.8) is 0 Å². The highest BCUT2D eigenvalue weighted by molar-refractivity contribution is 5.96. The fourth-order valence-corrected chi connectivity index (χ4v) is 2.57. The van der Waals surface area contributed by atoms with Gasteiger partial charge in [-0.15, -0.1) is 0 Å². The van der Waals surface area contributed by atoms with Crippen LogP contribution < -0.4 is 5.32 Å². The second-order valence-electron chi connectivity index (χ2n) is 5.07. The van der Waals surface area contributed by atoms with Gasteiger partial charge in [-0.1, -0.05) is 0 Å². The van der Waals surface area contributed by atoms with Gasteiger partial charge in [0.2, 0.25) is 0 Å². The van der Waals surface area contributed by atoms with Crippen LogP contribution in [-0.2, 0) is 11.3 Å². The van der Waals surface area contributed by atoms with Gasteiger partial charge in [0.05, 0.1) is 24.5 Å². The highest BCUT2D eigenvalue weighted by Gasteiger charge is 2.18. The number of hydrogen-bond acceptors (Lipinski definition) is 4. The molecule has 0 unspecified atom stereocenters.